The normalized spacial score (nSPS) is 19.9. The maximum Gasteiger partial charge on any atom is 0.221 e. The molecular formula is C18H22IN6O2P. The minimum absolute atomic E-state index is 0.157. The topological polar surface area (TPSA) is 93.0 Å². The van der Waals surface area contributed by atoms with Crippen LogP contribution in [0.5, 0.6) is 5.88 Å². The number of fused-ring (bicyclic) bond motifs is 1. The van der Waals surface area contributed by atoms with Crippen molar-refractivity contribution in [2.24, 2.45) is 12.8 Å². The molecule has 4 rings (SSSR count). The average Bonchev–Trinajstić information content (AvgIpc) is 3.31. The first-order valence-corrected chi connectivity index (χ1v) is 12.9. The van der Waals surface area contributed by atoms with Gasteiger partial charge in [-0.05, 0) is 48.0 Å². The Hall–Kier alpha value is -1.55. The van der Waals surface area contributed by atoms with Gasteiger partial charge in [0.15, 0.2) is 0 Å². The number of nitrogens with zero attached hydrogens (tertiary/aromatic N) is 5. The van der Waals surface area contributed by atoms with E-state index in [0.717, 1.165) is 39.2 Å². The molecule has 148 valence electrons. The fourth-order valence-electron chi connectivity index (χ4n) is 3.56. The minimum atomic E-state index is -0.204. The molecule has 10 heteroatoms. The van der Waals surface area contributed by atoms with Crippen molar-refractivity contribution in [3.8, 4) is 17.1 Å². The van der Waals surface area contributed by atoms with Gasteiger partial charge in [-0.1, -0.05) is 6.58 Å². The molecule has 0 saturated carbocycles. The van der Waals surface area contributed by atoms with Crippen LogP contribution < -0.4 is 10.5 Å². The van der Waals surface area contributed by atoms with Crippen molar-refractivity contribution in [2.75, 3.05) is 13.2 Å². The molecule has 2 N–H and O–H groups in total. The highest BCUT2D eigenvalue weighted by Crippen LogP contribution is 2.38. The van der Waals surface area contributed by atoms with E-state index in [4.69, 9.17) is 20.2 Å². The van der Waals surface area contributed by atoms with Gasteiger partial charge in [-0.2, -0.15) is 10.2 Å². The summed E-state index contributed by atoms with van der Waals surface area (Å²) in [6.07, 6.45) is 2.06. The average molecular weight is 512 g/mol. The first-order valence-electron chi connectivity index (χ1n) is 8.88. The zero-order valence-corrected chi connectivity index (χ0v) is 19.1. The molecule has 8 nitrogen and oxygen atoms in total. The molecule has 0 aliphatic carbocycles. The number of halogens is 1. The van der Waals surface area contributed by atoms with Crippen molar-refractivity contribution in [3.05, 3.63) is 29.7 Å². The van der Waals surface area contributed by atoms with E-state index in [0.29, 0.717) is 25.5 Å². The first-order chi connectivity index (χ1) is 13.4. The molecular weight excluding hydrogens is 490 g/mol. The molecule has 1 saturated heterocycles. The van der Waals surface area contributed by atoms with Crippen LogP contribution in [0.3, 0.4) is 0 Å². The Morgan fingerprint density at radius 2 is 2.14 bits per heavy atom. The zero-order valence-electron chi connectivity index (χ0n) is 15.9. The third-order valence-corrected chi connectivity index (χ3v) is 6.75. The van der Waals surface area contributed by atoms with Crippen molar-refractivity contribution in [3.63, 3.8) is 0 Å². The monoisotopic (exact) mass is 512 g/mol. The van der Waals surface area contributed by atoms with Crippen LogP contribution in [-0.2, 0) is 11.8 Å². The number of rotatable bonds is 5. The lowest BCUT2D eigenvalue weighted by atomic mass is 10.1. The van der Waals surface area contributed by atoms with Crippen LogP contribution in [0.1, 0.15) is 17.1 Å². The highest BCUT2D eigenvalue weighted by Gasteiger charge is 2.30. The van der Waals surface area contributed by atoms with Gasteiger partial charge in [0, 0.05) is 12.4 Å². The lowest BCUT2D eigenvalue weighted by molar-refractivity contribution is 0.133. The number of hydrogen-bond donors (Lipinski definition) is 1. The number of nitrogens with two attached hydrogens (primary N) is 1. The van der Waals surface area contributed by atoms with Gasteiger partial charge in [0.2, 0.25) is 5.88 Å². The Kier molecular flexibility index (Phi) is 5.43. The SMILES string of the molecule is C=Cc1nn(PI)c2c(C)nc(-c3c(C)nn(C)c3OC3COCC3N)cc12. The second kappa shape index (κ2) is 7.70. The van der Waals surface area contributed by atoms with Gasteiger partial charge < -0.3 is 15.2 Å². The van der Waals surface area contributed by atoms with E-state index in [2.05, 4.69) is 38.8 Å². The van der Waals surface area contributed by atoms with Gasteiger partial charge in [-0.25, -0.2) is 9.13 Å². The van der Waals surface area contributed by atoms with Crippen LogP contribution in [0.25, 0.3) is 28.2 Å². The summed E-state index contributed by atoms with van der Waals surface area (Å²) in [5.74, 6) is 0.651. The van der Waals surface area contributed by atoms with Crippen molar-refractivity contribution in [2.45, 2.75) is 26.0 Å². The number of hydrogen-bond acceptors (Lipinski definition) is 6. The minimum Gasteiger partial charge on any atom is -0.470 e. The summed E-state index contributed by atoms with van der Waals surface area (Å²) in [4.78, 5) is 4.87. The van der Waals surface area contributed by atoms with Gasteiger partial charge in [0.1, 0.15) is 6.10 Å². The maximum atomic E-state index is 6.23. The second-order valence-electron chi connectivity index (χ2n) is 6.82. The molecule has 3 unspecified atom stereocenters. The second-order valence-corrected chi connectivity index (χ2v) is 8.86. The van der Waals surface area contributed by atoms with Crippen molar-refractivity contribution in [1.29, 1.82) is 0 Å². The lowest BCUT2D eigenvalue weighted by Gasteiger charge is -2.17. The molecule has 0 spiro atoms. The molecule has 3 atom stereocenters. The van der Waals surface area contributed by atoms with E-state index < -0.39 is 0 Å². The van der Waals surface area contributed by atoms with Crippen LogP contribution in [0, 0.1) is 13.8 Å². The van der Waals surface area contributed by atoms with Crippen LogP contribution in [0.4, 0.5) is 0 Å². The number of pyridine rings is 1. The summed E-state index contributed by atoms with van der Waals surface area (Å²) in [6.45, 7) is 8.84. The molecule has 0 radical (unpaired) electrons. The van der Waals surface area contributed by atoms with E-state index in [9.17, 15) is 0 Å². The third kappa shape index (κ3) is 3.24. The number of aryl methyl sites for hydroxylation is 3. The van der Waals surface area contributed by atoms with Crippen molar-refractivity contribution < 1.29 is 9.47 Å². The maximum absolute atomic E-state index is 6.23. The predicted octanol–water partition coefficient (Wildman–Crippen LogP) is 2.99. The van der Waals surface area contributed by atoms with Crippen LogP contribution in [0.15, 0.2) is 12.6 Å². The van der Waals surface area contributed by atoms with E-state index >= 15 is 0 Å². The molecule has 28 heavy (non-hydrogen) atoms. The molecule has 0 amide bonds. The molecule has 0 aromatic carbocycles. The molecule has 1 aliphatic heterocycles. The summed E-state index contributed by atoms with van der Waals surface area (Å²) >= 11 is 2.32. The Balaban J connectivity index is 1.87. The van der Waals surface area contributed by atoms with E-state index in [1.165, 1.54) is 0 Å². The fourth-order valence-corrected chi connectivity index (χ4v) is 5.12. The fraction of sp³-hybridized carbons (Fsp3) is 0.389. The van der Waals surface area contributed by atoms with Crippen molar-refractivity contribution >= 4 is 45.4 Å². The van der Waals surface area contributed by atoms with Crippen LogP contribution >= 0.6 is 28.4 Å². The summed E-state index contributed by atoms with van der Waals surface area (Å²) in [5, 5.41) is 10.2. The van der Waals surface area contributed by atoms with Gasteiger partial charge in [-0.3, -0.25) is 4.98 Å². The molecule has 3 aromatic rings. The van der Waals surface area contributed by atoms with Gasteiger partial charge in [-0.15, -0.1) is 0 Å². The predicted molar refractivity (Wildman–Crippen MR) is 120 cm³/mol. The summed E-state index contributed by atoms with van der Waals surface area (Å²) in [7, 11) is 1.86. The molecule has 3 aromatic heterocycles. The molecule has 4 heterocycles. The summed E-state index contributed by atoms with van der Waals surface area (Å²) < 4.78 is 15.4. The van der Waals surface area contributed by atoms with Gasteiger partial charge in [0.25, 0.3) is 0 Å². The van der Waals surface area contributed by atoms with Gasteiger partial charge in [0.05, 0.1) is 59.5 Å². The highest BCUT2D eigenvalue weighted by atomic mass is 127. The highest BCUT2D eigenvalue weighted by molar-refractivity contribution is 14.2. The zero-order chi connectivity index (χ0) is 20.0. The quantitative estimate of drug-likeness (QED) is 0.418. The lowest BCUT2D eigenvalue weighted by Crippen LogP contribution is -2.37. The number of aromatic nitrogens is 5. The van der Waals surface area contributed by atoms with E-state index in [1.54, 1.807) is 10.8 Å². The molecule has 0 bridgehead atoms. The first kappa shape index (κ1) is 19.8. The Bertz CT molecular complexity index is 1060. The standard InChI is InChI=1S/C18H22IN6O2P/c1-5-13-11-6-14(21-10(3)17(11)25(23-13)28-19)16-9(2)22-24(4)18(16)27-15-8-26-7-12(15)20/h5-6,12,15,28H,1,7-8,20H2,2-4H3. The van der Waals surface area contributed by atoms with Crippen LogP contribution in [-0.4, -0.2) is 49.7 Å². The van der Waals surface area contributed by atoms with Gasteiger partial charge >= 0.3 is 0 Å². The Morgan fingerprint density at radius 1 is 1.36 bits per heavy atom. The van der Waals surface area contributed by atoms with E-state index in [-0.39, 0.29) is 12.1 Å². The van der Waals surface area contributed by atoms with E-state index in [1.807, 2.05) is 31.4 Å². The third-order valence-electron chi connectivity index (χ3n) is 4.89. The Labute approximate surface area is 177 Å². The smallest absolute Gasteiger partial charge is 0.221 e. The Morgan fingerprint density at radius 3 is 2.79 bits per heavy atom. The summed E-state index contributed by atoms with van der Waals surface area (Å²) in [6, 6.07) is 1.89. The van der Waals surface area contributed by atoms with Crippen LogP contribution in [0.2, 0.25) is 0 Å². The summed E-state index contributed by atoms with van der Waals surface area (Å²) in [5.41, 5.74) is 11.4. The largest absolute Gasteiger partial charge is 0.470 e. The molecule has 1 fully saturated rings. The van der Waals surface area contributed by atoms with Crippen molar-refractivity contribution in [1.82, 2.24) is 24.3 Å². The number of ether oxygens (including phenoxy) is 2. The molecule has 1 aliphatic rings.